The molecule has 0 saturated carbocycles. The summed E-state index contributed by atoms with van der Waals surface area (Å²) in [5.74, 6) is 0. The summed E-state index contributed by atoms with van der Waals surface area (Å²) < 4.78 is 1.30. The summed E-state index contributed by atoms with van der Waals surface area (Å²) in [7, 11) is 0. The molecule has 78 valence electrons. The largest absolute Gasteiger partial charge is 0.153 e. The van der Waals surface area contributed by atoms with Crippen molar-refractivity contribution in [2.24, 2.45) is 0 Å². The van der Waals surface area contributed by atoms with Crippen LogP contribution in [0.15, 0.2) is 12.1 Å². The first-order valence-corrected chi connectivity index (χ1v) is 5.58. The van der Waals surface area contributed by atoms with E-state index >= 15 is 0 Å². The van der Waals surface area contributed by atoms with Gasteiger partial charge in [0.1, 0.15) is 0 Å². The predicted octanol–water partition coefficient (Wildman–Crippen LogP) is 2.70. The normalized spacial score (nSPS) is 9.62. The summed E-state index contributed by atoms with van der Waals surface area (Å²) in [6.45, 7) is 4.32. The van der Waals surface area contributed by atoms with Crippen molar-refractivity contribution in [1.29, 1.82) is 0 Å². The molecule has 0 bridgehead atoms. The Kier molecular flexibility index (Phi) is 6.54. The molecule has 0 aliphatic heterocycles. The Morgan fingerprint density at radius 3 is 2.08 bits per heavy atom. The molecular weight excluding hydrogens is 384 g/mol. The van der Waals surface area contributed by atoms with Crippen LogP contribution in [0.4, 0.5) is 0 Å². The van der Waals surface area contributed by atoms with Crippen LogP contribution in [0.3, 0.4) is 0 Å². The van der Waals surface area contributed by atoms with Crippen LogP contribution in [0.1, 0.15) is 25.0 Å². The van der Waals surface area contributed by atoms with Crippen LogP contribution in [0.5, 0.6) is 0 Å². The Hall–Kier alpha value is 0.680. The van der Waals surface area contributed by atoms with E-state index in [1.165, 1.54) is 14.9 Å². The Morgan fingerprint density at radius 2 is 1.69 bits per heavy atom. The van der Waals surface area contributed by atoms with Crippen molar-refractivity contribution >= 4 is 25.3 Å². The van der Waals surface area contributed by atoms with Crippen molar-refractivity contribution in [1.82, 2.24) is 0 Å². The molecule has 0 aliphatic rings. The van der Waals surface area contributed by atoms with E-state index in [4.69, 9.17) is 11.6 Å². The van der Waals surface area contributed by atoms with Gasteiger partial charge in [0.2, 0.25) is 0 Å². The molecule has 0 N–H and O–H groups in total. The smallest absolute Gasteiger partial charge is 0.153 e. The Balaban J connectivity index is 0.00000144. The molecule has 1 unspecified atom stereocenters. The van der Waals surface area contributed by atoms with E-state index in [0.29, 0.717) is 0 Å². The third kappa shape index (κ3) is 3.08. The number of benzene rings is 1. The molecule has 0 aromatic heterocycles. The molecule has 13 heavy (non-hydrogen) atoms. The van der Waals surface area contributed by atoms with Crippen molar-refractivity contribution in [3.05, 3.63) is 28.3 Å². The van der Waals surface area contributed by atoms with E-state index in [-0.39, 0.29) is 9.90 Å². The fraction of sp³-hybridized carbons (Fsp3) is 0.400. The topological polar surface area (TPSA) is 0 Å². The molecule has 1 aromatic rings. The van der Waals surface area contributed by atoms with Crippen LogP contribution in [0, 0.1) is 0 Å². The molecule has 0 fully saturated rings. The predicted molar refractivity (Wildman–Crippen MR) is 60.9 cm³/mol. The summed E-state index contributed by atoms with van der Waals surface area (Å²) in [4.78, 5) is 0. The monoisotopic (exact) mass is 398 g/mol. The van der Waals surface area contributed by atoms with Crippen LogP contribution < -0.4 is 3.78 Å². The molecule has 0 heterocycles. The number of halogens is 1. The third-order valence-corrected chi connectivity index (χ3v) is 3.36. The fourth-order valence-electron chi connectivity index (χ4n) is 1.37. The van der Waals surface area contributed by atoms with Gasteiger partial charge in [0.25, 0.3) is 0 Å². The number of rotatable bonds is 2. The fourth-order valence-corrected chi connectivity index (χ4v) is 2.57. The summed E-state index contributed by atoms with van der Waals surface area (Å²) in [5, 5.41) is 0.908. The molecule has 3 heteroatoms. The van der Waals surface area contributed by atoms with E-state index in [1.807, 2.05) is 6.07 Å². The summed E-state index contributed by atoms with van der Waals surface area (Å²) in [5.41, 5.74) is 2.70. The van der Waals surface area contributed by atoms with Crippen LogP contribution in [0.2, 0.25) is 5.02 Å². The quantitative estimate of drug-likeness (QED) is 0.531. The van der Waals surface area contributed by atoms with E-state index in [9.17, 15) is 0 Å². The molecule has 1 atom stereocenters. The van der Waals surface area contributed by atoms with Gasteiger partial charge in [0, 0.05) is 0 Å². The van der Waals surface area contributed by atoms with Gasteiger partial charge in [-0.05, 0) is 0 Å². The number of hydrogen-bond donors (Lipinski definition) is 0. The first-order chi connectivity index (χ1) is 5.70. The zero-order valence-corrected chi connectivity index (χ0v) is 12.3. The van der Waals surface area contributed by atoms with Crippen LogP contribution in [0.25, 0.3) is 0 Å². The van der Waals surface area contributed by atoms with Gasteiger partial charge in [-0.2, -0.15) is 9.90 Å². The minimum atomic E-state index is 0. The molecule has 1 aromatic carbocycles. The second-order valence-electron chi connectivity index (χ2n) is 2.65. The maximum absolute atomic E-state index is 6.07. The van der Waals surface area contributed by atoms with Crippen molar-refractivity contribution in [3.63, 3.8) is 0 Å². The summed E-state index contributed by atoms with van der Waals surface area (Å²) in [6, 6.07) is 4.05. The van der Waals surface area contributed by atoms with Crippen LogP contribution >= 0.6 is 21.5 Å². The van der Waals surface area contributed by atoms with Crippen molar-refractivity contribution in [2.75, 3.05) is 0 Å². The Labute approximate surface area is 101 Å². The Morgan fingerprint density at radius 1 is 1.15 bits per heavy atom. The van der Waals surface area contributed by atoms with Gasteiger partial charge in [0.05, 0.1) is 0 Å². The summed E-state index contributed by atoms with van der Waals surface area (Å²) >= 11 is 8.63. The standard InChI is InChI=1S/C10H12Cl.Au.H3P/c1-3-8-6-5-7-10(11)9(8)4-2;;/h5,7H,3-4H2,1-2H3;;1H3. The van der Waals surface area contributed by atoms with Crippen LogP contribution in [-0.4, -0.2) is 0 Å². The minimum absolute atomic E-state index is 0. The zero-order chi connectivity index (χ0) is 9.14. The van der Waals surface area contributed by atoms with Crippen LogP contribution in [-0.2, 0) is 33.9 Å². The molecule has 0 aliphatic carbocycles. The first-order valence-electron chi connectivity index (χ1n) is 4.12. The van der Waals surface area contributed by atoms with Gasteiger partial charge in [-0.25, -0.2) is 0 Å². The van der Waals surface area contributed by atoms with E-state index in [2.05, 4.69) is 41.0 Å². The van der Waals surface area contributed by atoms with Gasteiger partial charge in [0.15, 0.2) is 0 Å². The molecule has 0 amide bonds. The molecule has 0 saturated heterocycles. The van der Waals surface area contributed by atoms with Crippen molar-refractivity contribution in [2.45, 2.75) is 26.7 Å². The zero-order valence-electron chi connectivity index (χ0n) is 7.96. The first kappa shape index (κ1) is 13.7. The third-order valence-electron chi connectivity index (χ3n) is 1.99. The Bertz CT molecular complexity index is 257. The molecular formula is C10H15AuClP. The SMILES string of the molecule is CCc1c(Cl)cc[c]([Au])c1CC.P. The molecule has 0 nitrogen and oxygen atoms in total. The van der Waals surface area contributed by atoms with Gasteiger partial charge < -0.3 is 0 Å². The number of hydrogen-bond acceptors (Lipinski definition) is 0. The minimum Gasteiger partial charge on any atom is -0.153 e. The second kappa shape index (κ2) is 6.22. The van der Waals surface area contributed by atoms with Crippen molar-refractivity contribution in [3.8, 4) is 0 Å². The average Bonchev–Trinajstić information content (AvgIpc) is 2.08. The van der Waals surface area contributed by atoms with Gasteiger partial charge in [-0.15, -0.1) is 0 Å². The van der Waals surface area contributed by atoms with Crippen molar-refractivity contribution < 1.29 is 21.1 Å². The maximum atomic E-state index is 6.07. The van der Waals surface area contributed by atoms with E-state index < -0.39 is 0 Å². The second-order valence-corrected chi connectivity index (χ2v) is 4.23. The average molecular weight is 399 g/mol. The maximum Gasteiger partial charge on any atom is -0.153 e. The van der Waals surface area contributed by atoms with Gasteiger partial charge >= 0.3 is 91.4 Å². The van der Waals surface area contributed by atoms with E-state index in [1.54, 1.807) is 0 Å². The molecule has 0 spiro atoms. The summed E-state index contributed by atoms with van der Waals surface area (Å²) in [6.07, 6.45) is 2.09. The van der Waals surface area contributed by atoms with E-state index in [0.717, 1.165) is 17.9 Å². The molecule has 1 rings (SSSR count). The molecule has 0 radical (unpaired) electrons. The van der Waals surface area contributed by atoms with Gasteiger partial charge in [-0.1, -0.05) is 0 Å². The van der Waals surface area contributed by atoms with Gasteiger partial charge in [-0.3, -0.25) is 0 Å².